The van der Waals surface area contributed by atoms with E-state index in [-0.39, 0.29) is 17.2 Å². The van der Waals surface area contributed by atoms with Gasteiger partial charge >= 0.3 is 0 Å². The van der Waals surface area contributed by atoms with Crippen LogP contribution < -0.4 is 0 Å². The van der Waals surface area contributed by atoms with Crippen LogP contribution in [0.4, 0.5) is 0 Å². The van der Waals surface area contributed by atoms with Gasteiger partial charge in [-0.2, -0.15) is 0 Å². The number of likely N-dealkylation sites (N-methyl/N-ethyl adjacent to an activating group) is 1. The quantitative estimate of drug-likeness (QED) is 0.891. The monoisotopic (exact) mass is 344 g/mol. The first kappa shape index (κ1) is 16.9. The van der Waals surface area contributed by atoms with E-state index >= 15 is 0 Å². The lowest BCUT2D eigenvalue weighted by atomic mass is 9.75. The van der Waals surface area contributed by atoms with E-state index in [9.17, 15) is 9.90 Å². The van der Waals surface area contributed by atoms with Gasteiger partial charge in [-0.25, -0.2) is 0 Å². The van der Waals surface area contributed by atoms with E-state index < -0.39 is 0 Å². The zero-order valence-electron chi connectivity index (χ0n) is 15.0. The van der Waals surface area contributed by atoms with Crippen LogP contribution in [0.2, 0.25) is 0 Å². The molecule has 25 heavy (non-hydrogen) atoms. The standard InChI is InChI=1S/C20H28N2O3/c1-21-8-7-16(12-25-11-15-5-6-15)10-20(21)13-22(14-20)19(24)17-3-2-4-18(23)9-17/h2-4,9,15-16,23H,5-8,10-14H2,1H3/t16-/m0/s1. The molecule has 1 aromatic carbocycles. The van der Waals surface area contributed by atoms with Gasteiger partial charge in [0.15, 0.2) is 0 Å². The minimum atomic E-state index is 0.0158. The number of benzene rings is 1. The second-order valence-corrected chi connectivity index (χ2v) is 8.20. The fourth-order valence-electron chi connectivity index (χ4n) is 4.24. The van der Waals surface area contributed by atoms with Gasteiger partial charge < -0.3 is 14.7 Å². The number of carbonyl (C=O) groups excluding carboxylic acids is 1. The molecule has 2 heterocycles. The molecule has 1 amide bonds. The Kier molecular flexibility index (Phi) is 4.46. The predicted molar refractivity (Wildman–Crippen MR) is 95.6 cm³/mol. The number of phenols is 1. The summed E-state index contributed by atoms with van der Waals surface area (Å²) in [7, 11) is 2.18. The summed E-state index contributed by atoms with van der Waals surface area (Å²) in [6.45, 7) is 4.42. The highest BCUT2D eigenvalue weighted by Gasteiger charge is 2.51. The molecule has 0 bridgehead atoms. The molecule has 136 valence electrons. The second kappa shape index (κ2) is 6.61. The molecule has 3 aliphatic rings. The Hall–Kier alpha value is -1.59. The lowest BCUT2D eigenvalue weighted by Crippen LogP contribution is -2.72. The summed E-state index contributed by atoms with van der Waals surface area (Å²) >= 11 is 0. The van der Waals surface area contributed by atoms with Crippen LogP contribution in [0, 0.1) is 11.8 Å². The third kappa shape index (κ3) is 3.53. The molecule has 1 aliphatic carbocycles. The van der Waals surface area contributed by atoms with Crippen LogP contribution in [0.3, 0.4) is 0 Å². The molecule has 2 saturated heterocycles. The van der Waals surface area contributed by atoms with Gasteiger partial charge in [-0.15, -0.1) is 0 Å². The molecule has 1 atom stereocenters. The van der Waals surface area contributed by atoms with Crippen LogP contribution in [0.15, 0.2) is 24.3 Å². The van der Waals surface area contributed by atoms with Crippen molar-refractivity contribution >= 4 is 5.91 Å². The number of nitrogens with zero attached hydrogens (tertiary/aromatic N) is 2. The van der Waals surface area contributed by atoms with Crippen LogP contribution in [-0.4, -0.2) is 66.2 Å². The van der Waals surface area contributed by atoms with Gasteiger partial charge in [-0.3, -0.25) is 9.69 Å². The van der Waals surface area contributed by atoms with E-state index in [1.807, 2.05) is 4.90 Å². The number of phenolic OH excluding ortho intramolecular Hbond substituents is 1. The maximum absolute atomic E-state index is 12.6. The summed E-state index contributed by atoms with van der Waals surface area (Å²) in [5, 5.41) is 9.59. The summed E-state index contributed by atoms with van der Waals surface area (Å²) in [5.74, 6) is 1.58. The molecule has 5 nitrogen and oxygen atoms in total. The van der Waals surface area contributed by atoms with Gasteiger partial charge in [0, 0.05) is 31.9 Å². The fourth-order valence-corrected chi connectivity index (χ4v) is 4.24. The first-order valence-electron chi connectivity index (χ1n) is 9.43. The number of rotatable bonds is 5. The largest absolute Gasteiger partial charge is 0.508 e. The Balaban J connectivity index is 1.33. The molecular formula is C20H28N2O3. The molecule has 0 radical (unpaired) electrons. The molecule has 3 fully saturated rings. The van der Waals surface area contributed by atoms with Crippen molar-refractivity contribution in [3.8, 4) is 5.75 Å². The van der Waals surface area contributed by atoms with Crippen molar-refractivity contribution in [2.75, 3.05) is 39.9 Å². The SMILES string of the molecule is CN1CC[C@H](COCC2CC2)CC12CN(C(=O)c1cccc(O)c1)C2. The third-order valence-electron chi connectivity index (χ3n) is 6.11. The zero-order valence-corrected chi connectivity index (χ0v) is 15.0. The van der Waals surface area contributed by atoms with Crippen LogP contribution >= 0.6 is 0 Å². The van der Waals surface area contributed by atoms with Crippen molar-refractivity contribution in [1.29, 1.82) is 0 Å². The van der Waals surface area contributed by atoms with Crippen LogP contribution in [0.5, 0.6) is 5.75 Å². The summed E-state index contributed by atoms with van der Waals surface area (Å²) in [5.41, 5.74) is 0.677. The summed E-state index contributed by atoms with van der Waals surface area (Å²) in [4.78, 5) is 16.9. The number of hydrogen-bond acceptors (Lipinski definition) is 4. The Morgan fingerprint density at radius 2 is 2.00 bits per heavy atom. The van der Waals surface area contributed by atoms with E-state index in [0.29, 0.717) is 11.5 Å². The van der Waals surface area contributed by atoms with Crippen molar-refractivity contribution in [3.05, 3.63) is 29.8 Å². The molecule has 4 rings (SSSR count). The number of piperidine rings is 1. The summed E-state index contributed by atoms with van der Waals surface area (Å²) in [6.07, 6.45) is 4.97. The van der Waals surface area contributed by atoms with E-state index in [1.165, 1.54) is 19.3 Å². The van der Waals surface area contributed by atoms with Crippen molar-refractivity contribution in [3.63, 3.8) is 0 Å². The molecule has 1 saturated carbocycles. The van der Waals surface area contributed by atoms with E-state index in [4.69, 9.17) is 4.74 Å². The average Bonchev–Trinajstić information content (AvgIpc) is 3.38. The topological polar surface area (TPSA) is 53.0 Å². The highest BCUT2D eigenvalue weighted by atomic mass is 16.5. The Bertz CT molecular complexity index is 638. The van der Waals surface area contributed by atoms with Crippen molar-refractivity contribution < 1.29 is 14.6 Å². The van der Waals surface area contributed by atoms with Gasteiger partial charge in [-0.05, 0) is 69.3 Å². The predicted octanol–water partition coefficient (Wildman–Crippen LogP) is 2.36. The van der Waals surface area contributed by atoms with Crippen LogP contribution in [0.1, 0.15) is 36.0 Å². The van der Waals surface area contributed by atoms with Crippen LogP contribution in [0.25, 0.3) is 0 Å². The molecule has 1 spiro atoms. The number of likely N-dealkylation sites (tertiary alicyclic amines) is 2. The number of amides is 1. The zero-order chi connectivity index (χ0) is 17.4. The minimum absolute atomic E-state index is 0.0158. The first-order valence-corrected chi connectivity index (χ1v) is 9.43. The molecule has 0 aromatic heterocycles. The highest BCUT2D eigenvalue weighted by Crippen LogP contribution is 2.39. The third-order valence-corrected chi connectivity index (χ3v) is 6.11. The molecule has 2 aliphatic heterocycles. The second-order valence-electron chi connectivity index (χ2n) is 8.20. The van der Waals surface area contributed by atoms with Gasteiger partial charge in [0.1, 0.15) is 5.75 Å². The van der Waals surface area contributed by atoms with Gasteiger partial charge in [0.25, 0.3) is 5.91 Å². The maximum atomic E-state index is 12.6. The first-order chi connectivity index (χ1) is 12.1. The molecule has 5 heteroatoms. The average molecular weight is 344 g/mol. The Morgan fingerprint density at radius 3 is 2.72 bits per heavy atom. The van der Waals surface area contributed by atoms with Gasteiger partial charge in [-0.1, -0.05) is 6.07 Å². The number of carbonyl (C=O) groups is 1. The lowest BCUT2D eigenvalue weighted by Gasteiger charge is -2.58. The fraction of sp³-hybridized carbons (Fsp3) is 0.650. The van der Waals surface area contributed by atoms with Gasteiger partial charge in [0.2, 0.25) is 0 Å². The maximum Gasteiger partial charge on any atom is 0.254 e. The number of hydrogen-bond donors (Lipinski definition) is 1. The highest BCUT2D eigenvalue weighted by molar-refractivity contribution is 5.95. The normalized spacial score (nSPS) is 25.8. The van der Waals surface area contributed by atoms with E-state index in [2.05, 4.69) is 11.9 Å². The van der Waals surface area contributed by atoms with Gasteiger partial charge in [0.05, 0.1) is 5.54 Å². The number of ether oxygens (including phenoxy) is 1. The van der Waals surface area contributed by atoms with E-state index in [1.54, 1.807) is 24.3 Å². The van der Waals surface area contributed by atoms with E-state index in [0.717, 1.165) is 45.2 Å². The Labute approximate surface area is 149 Å². The smallest absolute Gasteiger partial charge is 0.254 e. The summed E-state index contributed by atoms with van der Waals surface area (Å²) < 4.78 is 5.92. The molecule has 1 aromatic rings. The lowest BCUT2D eigenvalue weighted by molar-refractivity contribution is -0.0761. The van der Waals surface area contributed by atoms with Crippen molar-refractivity contribution in [1.82, 2.24) is 9.80 Å². The summed E-state index contributed by atoms with van der Waals surface area (Å²) in [6, 6.07) is 6.63. The number of aromatic hydroxyl groups is 1. The molecular weight excluding hydrogens is 316 g/mol. The molecule has 0 unspecified atom stereocenters. The van der Waals surface area contributed by atoms with Crippen molar-refractivity contribution in [2.45, 2.75) is 31.2 Å². The van der Waals surface area contributed by atoms with Crippen molar-refractivity contribution in [2.24, 2.45) is 11.8 Å². The minimum Gasteiger partial charge on any atom is -0.508 e. The van der Waals surface area contributed by atoms with Crippen LogP contribution in [-0.2, 0) is 4.74 Å². The Morgan fingerprint density at radius 1 is 1.24 bits per heavy atom. The molecule has 1 N–H and O–H groups in total.